The van der Waals surface area contributed by atoms with Crippen molar-refractivity contribution in [2.75, 3.05) is 26.2 Å². The van der Waals surface area contributed by atoms with Crippen molar-refractivity contribution in [1.29, 1.82) is 0 Å². The first-order valence-corrected chi connectivity index (χ1v) is 20.0. The number of hydrogen-bond donors (Lipinski definition) is 1. The van der Waals surface area contributed by atoms with E-state index in [0.29, 0.717) is 28.8 Å². The number of halogens is 2. The van der Waals surface area contributed by atoms with E-state index in [2.05, 4.69) is 93.2 Å². The first-order chi connectivity index (χ1) is 22.8. The summed E-state index contributed by atoms with van der Waals surface area (Å²) in [5, 5.41) is 4.72. The van der Waals surface area contributed by atoms with Crippen LogP contribution in [0.1, 0.15) is 73.0 Å². The van der Waals surface area contributed by atoms with E-state index in [1.54, 1.807) is 22.7 Å². The smallest absolute Gasteiger partial charge is 0.326 e. The van der Waals surface area contributed by atoms with Crippen molar-refractivity contribution >= 4 is 89.8 Å². The Labute approximate surface area is 311 Å². The Hall–Kier alpha value is -1.69. The molecular formula is C38H45ClIN3O3S2. The molecule has 10 heteroatoms. The van der Waals surface area contributed by atoms with Crippen LogP contribution in [0.5, 0.6) is 0 Å². The van der Waals surface area contributed by atoms with Crippen molar-refractivity contribution < 1.29 is 14.4 Å². The highest BCUT2D eigenvalue weighted by molar-refractivity contribution is 14.1. The maximum absolute atomic E-state index is 13.0. The minimum atomic E-state index is 0. The van der Waals surface area contributed by atoms with Crippen molar-refractivity contribution in [3.8, 4) is 0 Å². The lowest BCUT2D eigenvalue weighted by Gasteiger charge is -2.52. The van der Waals surface area contributed by atoms with Gasteiger partial charge in [-0.15, -0.1) is 35.1 Å². The van der Waals surface area contributed by atoms with Gasteiger partial charge in [-0.1, -0.05) is 30.3 Å². The van der Waals surface area contributed by atoms with E-state index < -0.39 is 0 Å². The second kappa shape index (κ2) is 14.9. The number of aryl methyl sites for hydroxylation is 1. The van der Waals surface area contributed by atoms with Crippen LogP contribution in [0.3, 0.4) is 0 Å². The molecule has 2 N–H and O–H groups in total. The lowest BCUT2D eigenvalue weighted by molar-refractivity contribution is -0.191. The second-order valence-corrected chi connectivity index (χ2v) is 17.5. The molecule has 0 unspecified atom stereocenters. The predicted molar refractivity (Wildman–Crippen MR) is 206 cm³/mol. The summed E-state index contributed by atoms with van der Waals surface area (Å²) in [5.41, 5.74) is 8.44. The van der Waals surface area contributed by atoms with Gasteiger partial charge in [0.2, 0.25) is 0 Å². The number of fused-ring (bicyclic) bond motifs is 6. The molecule has 0 radical (unpaired) electrons. The van der Waals surface area contributed by atoms with Gasteiger partial charge in [-0.25, -0.2) is 0 Å². The van der Waals surface area contributed by atoms with Gasteiger partial charge in [0.25, 0.3) is 0 Å². The van der Waals surface area contributed by atoms with Crippen molar-refractivity contribution in [3.05, 3.63) is 67.9 Å². The molecule has 8 heterocycles. The maximum Gasteiger partial charge on any atom is 0.373 e. The van der Waals surface area contributed by atoms with Crippen LogP contribution in [0.25, 0.3) is 20.2 Å². The fourth-order valence-electron chi connectivity index (χ4n) is 9.33. The normalized spacial score (nSPS) is 29.0. The summed E-state index contributed by atoms with van der Waals surface area (Å²) in [4.78, 5) is 35.6. The van der Waals surface area contributed by atoms with Gasteiger partial charge in [0, 0.05) is 36.5 Å². The molecule has 2 atom stereocenters. The summed E-state index contributed by atoms with van der Waals surface area (Å²) in [6.45, 7) is 7.35. The molecule has 4 aromatic rings. The molecule has 2 aliphatic carbocycles. The molecule has 6 aliphatic heterocycles. The fourth-order valence-corrected chi connectivity index (χ4v) is 12.1. The number of thiophene rings is 2. The van der Waals surface area contributed by atoms with Crippen LogP contribution in [0.4, 0.5) is 0 Å². The zero-order valence-corrected chi connectivity index (χ0v) is 32.1. The molecule has 2 aromatic carbocycles. The topological polar surface area (TPSA) is 83.7 Å². The summed E-state index contributed by atoms with van der Waals surface area (Å²) in [6.07, 6.45) is 11.8. The van der Waals surface area contributed by atoms with Gasteiger partial charge in [0.1, 0.15) is 0 Å². The van der Waals surface area contributed by atoms with Gasteiger partial charge in [-0.05, 0) is 165 Å². The van der Waals surface area contributed by atoms with Crippen LogP contribution in [0, 0.1) is 28.2 Å². The van der Waals surface area contributed by atoms with Gasteiger partial charge in [0.05, 0.1) is 4.88 Å². The van der Waals surface area contributed by atoms with Gasteiger partial charge in [-0.2, -0.15) is 9.59 Å². The van der Waals surface area contributed by atoms with Gasteiger partial charge in [0.15, 0.2) is 5.78 Å². The second-order valence-electron chi connectivity index (χ2n) is 14.4. The third-order valence-corrected chi connectivity index (χ3v) is 15.7. The summed E-state index contributed by atoms with van der Waals surface area (Å²) >= 11 is 5.87. The molecule has 8 fully saturated rings. The van der Waals surface area contributed by atoms with Crippen molar-refractivity contribution in [3.63, 3.8) is 0 Å². The van der Waals surface area contributed by atoms with E-state index in [0.717, 1.165) is 23.1 Å². The minimum Gasteiger partial charge on any atom is -0.326 e. The molecule has 2 aromatic heterocycles. The van der Waals surface area contributed by atoms with Crippen molar-refractivity contribution in [2.24, 2.45) is 23.5 Å². The number of carbonyl (C=O) groups is 1. The maximum atomic E-state index is 13.0. The van der Waals surface area contributed by atoms with Crippen molar-refractivity contribution in [1.82, 2.24) is 9.80 Å². The molecule has 6 nitrogen and oxygen atoms in total. The van der Waals surface area contributed by atoms with Crippen LogP contribution >= 0.6 is 57.7 Å². The number of Topliss-reactive ketones (excluding diaryl/α,β-unsaturated/α-hetero) is 1. The number of piperidine rings is 6. The van der Waals surface area contributed by atoms with Crippen LogP contribution < -0.4 is 5.73 Å². The molecular weight excluding hydrogens is 773 g/mol. The third kappa shape index (κ3) is 6.83. The molecule has 6 saturated heterocycles. The third-order valence-electron chi connectivity index (χ3n) is 12.1. The minimum absolute atomic E-state index is 0. The summed E-state index contributed by atoms with van der Waals surface area (Å²) in [7, 11) is 0. The fraction of sp³-hybridized carbons (Fsp3) is 0.526. The molecule has 256 valence electrons. The predicted octanol–water partition coefficient (Wildman–Crippen LogP) is 8.57. The SMILES string of the molecule is Cc1cccc2cc(C(=O)C[C@@H]3C4CCN(CC4)C34CC4)sc12.Cl.Ic1cccc2ccsc12.N[C@@H]1C2CCN(CC2)C12CC2.O=C=O. The quantitative estimate of drug-likeness (QED) is 0.165. The Kier molecular flexibility index (Phi) is 11.2. The Balaban J connectivity index is 0.000000134. The summed E-state index contributed by atoms with van der Waals surface area (Å²) in [6, 6.07) is 17.5. The number of ketones is 1. The molecule has 2 saturated carbocycles. The molecule has 4 bridgehead atoms. The Morgan fingerprint density at radius 3 is 2.02 bits per heavy atom. The zero-order chi connectivity index (χ0) is 32.8. The summed E-state index contributed by atoms with van der Waals surface area (Å²) < 4.78 is 4.04. The molecule has 0 amide bonds. The van der Waals surface area contributed by atoms with E-state index in [1.165, 1.54) is 107 Å². The van der Waals surface area contributed by atoms with Crippen molar-refractivity contribution in [2.45, 2.75) is 81.8 Å². The van der Waals surface area contributed by atoms with E-state index in [9.17, 15) is 4.79 Å². The monoisotopic (exact) mass is 817 g/mol. The highest BCUT2D eigenvalue weighted by Crippen LogP contribution is 2.58. The van der Waals surface area contributed by atoms with E-state index >= 15 is 0 Å². The Morgan fingerprint density at radius 1 is 0.875 bits per heavy atom. The van der Waals surface area contributed by atoms with Crippen LogP contribution in [0.2, 0.25) is 0 Å². The average molecular weight is 818 g/mol. The standard InChI is InChI=1S/C20H23NOS.C9H16N2.C8H5IS.CO2.ClH/c1-13-3-2-4-15-11-18(23-19(13)15)17(22)12-16-14-5-9-21(10-6-14)20(16)7-8-20;10-8-7-1-5-11(6-2-7)9(8)3-4-9;9-7-3-1-2-6-4-5-10-8(6)7;2-1-3;/h2-4,11,14,16H,5-10,12H2,1H3;7-8H,1-6,10H2;1-5H;;1H/t16-;8-;;;/m11.../s1. The first kappa shape index (κ1) is 36.1. The number of nitrogens with two attached hydrogens (primary N) is 1. The lowest BCUT2D eigenvalue weighted by Crippen LogP contribution is -2.63. The van der Waals surface area contributed by atoms with Crippen LogP contribution in [0.15, 0.2) is 53.9 Å². The van der Waals surface area contributed by atoms with E-state index in [-0.39, 0.29) is 18.6 Å². The first-order valence-electron chi connectivity index (χ1n) is 17.2. The molecule has 8 aliphatic rings. The largest absolute Gasteiger partial charge is 0.373 e. The van der Waals surface area contributed by atoms with E-state index in [1.807, 2.05) is 0 Å². The Morgan fingerprint density at radius 2 is 1.46 bits per heavy atom. The highest BCUT2D eigenvalue weighted by Gasteiger charge is 2.60. The number of carbonyl (C=O) groups excluding carboxylic acids is 3. The molecule has 12 rings (SSSR count). The van der Waals surface area contributed by atoms with Gasteiger partial charge < -0.3 is 5.73 Å². The van der Waals surface area contributed by atoms with Crippen LogP contribution in [-0.4, -0.2) is 65.0 Å². The van der Waals surface area contributed by atoms with Gasteiger partial charge >= 0.3 is 6.15 Å². The molecule has 48 heavy (non-hydrogen) atoms. The number of nitrogens with zero attached hydrogens (tertiary/aromatic N) is 2. The molecule has 2 spiro atoms. The zero-order valence-electron chi connectivity index (χ0n) is 27.5. The number of benzene rings is 2. The van der Waals surface area contributed by atoms with Gasteiger partial charge in [-0.3, -0.25) is 14.6 Å². The average Bonchev–Trinajstić information content (AvgIpc) is 3.95. The number of hydrogen-bond acceptors (Lipinski definition) is 8. The summed E-state index contributed by atoms with van der Waals surface area (Å²) in [5.74, 6) is 2.66. The lowest BCUT2D eigenvalue weighted by atomic mass is 9.70. The highest BCUT2D eigenvalue weighted by atomic mass is 127. The van der Waals surface area contributed by atoms with Crippen LogP contribution in [-0.2, 0) is 9.59 Å². The van der Waals surface area contributed by atoms with E-state index in [4.69, 9.17) is 15.3 Å². The Bertz CT molecular complexity index is 1770. The number of rotatable bonds is 3.